The van der Waals surface area contributed by atoms with E-state index in [1.54, 1.807) is 6.20 Å². The average molecular weight is 1270 g/mol. The minimum Gasteiger partial charge on any atom is -0.456 e. The summed E-state index contributed by atoms with van der Waals surface area (Å²) in [7, 11) is 0. The molecule has 5 aromatic heterocycles. The topological polar surface area (TPSA) is 39.2 Å². The molecule has 0 aliphatic carbocycles. The number of fused-ring (bicyclic) bond motifs is 12. The van der Waals surface area contributed by atoms with Crippen LogP contribution in [0.15, 0.2) is 258 Å². The van der Waals surface area contributed by atoms with Crippen molar-refractivity contribution in [1.29, 1.82) is 0 Å². The van der Waals surface area contributed by atoms with Crippen molar-refractivity contribution in [3.63, 3.8) is 0 Å². The molecule has 0 unspecified atom stereocenters. The third kappa shape index (κ3) is 16.1. The Kier molecular flexibility index (Phi) is 20.2. The largest absolute Gasteiger partial charge is 0.456 e. The molecular formula is C89H95NO2S2. The zero-order chi connectivity index (χ0) is 67.4. The maximum atomic E-state index is 6.01. The van der Waals surface area contributed by atoms with Crippen molar-refractivity contribution in [2.75, 3.05) is 0 Å². The Labute approximate surface area is 567 Å². The molecule has 5 heteroatoms. The van der Waals surface area contributed by atoms with Gasteiger partial charge in [-0.25, -0.2) is 0 Å². The summed E-state index contributed by atoms with van der Waals surface area (Å²) in [4.78, 5) is 4.05. The fourth-order valence-electron chi connectivity index (χ4n) is 11.7. The van der Waals surface area contributed by atoms with Crippen molar-refractivity contribution in [2.24, 2.45) is 0 Å². The van der Waals surface area contributed by atoms with E-state index in [1.807, 2.05) is 59.2 Å². The average Bonchev–Trinajstić information content (AvgIpc) is 1.64. The summed E-state index contributed by atoms with van der Waals surface area (Å²) in [6.45, 7) is 40.3. The van der Waals surface area contributed by atoms with Gasteiger partial charge in [0.15, 0.2) is 0 Å². The third-order valence-corrected chi connectivity index (χ3v) is 19.6. The molecule has 480 valence electrons. The van der Waals surface area contributed by atoms with E-state index in [9.17, 15) is 0 Å². The molecule has 0 atom stereocenters. The summed E-state index contributed by atoms with van der Waals surface area (Å²) < 4.78 is 17.4. The van der Waals surface area contributed by atoms with E-state index in [1.165, 1.54) is 106 Å². The van der Waals surface area contributed by atoms with Crippen molar-refractivity contribution < 1.29 is 8.83 Å². The molecule has 0 bridgehead atoms. The lowest BCUT2D eigenvalue weighted by atomic mass is 9.85. The first-order chi connectivity index (χ1) is 44.4. The maximum Gasteiger partial charge on any atom is 0.139 e. The number of benzene rings is 10. The first kappa shape index (κ1) is 68.3. The highest BCUT2D eigenvalue weighted by molar-refractivity contribution is 7.26. The molecule has 0 saturated carbocycles. The van der Waals surface area contributed by atoms with Gasteiger partial charge >= 0.3 is 0 Å². The van der Waals surface area contributed by atoms with Crippen LogP contribution in [0.1, 0.15) is 158 Å². The van der Waals surface area contributed by atoms with Gasteiger partial charge in [0.05, 0.1) is 0 Å². The second-order valence-electron chi connectivity index (χ2n) is 30.9. The van der Waals surface area contributed by atoms with Gasteiger partial charge in [0.2, 0.25) is 0 Å². The predicted molar refractivity (Wildman–Crippen MR) is 414 cm³/mol. The number of furan rings is 2. The summed E-state index contributed by atoms with van der Waals surface area (Å²) in [6.07, 6.45) is 3.72. The Bertz CT molecular complexity index is 4740. The number of thiophene rings is 2. The normalized spacial score (nSPS) is 12.1. The zero-order valence-electron chi connectivity index (χ0n) is 58.8. The molecule has 0 aliphatic heterocycles. The van der Waals surface area contributed by atoms with E-state index in [-0.39, 0.29) is 32.5 Å². The number of nitrogens with zero attached hydrogens (tertiary/aromatic N) is 1. The van der Waals surface area contributed by atoms with Gasteiger partial charge in [-0.3, -0.25) is 4.98 Å². The lowest BCUT2D eigenvalue weighted by molar-refractivity contribution is 0.573. The van der Waals surface area contributed by atoms with Crippen LogP contribution in [0, 0.1) is 0 Å². The second-order valence-corrected chi connectivity index (χ2v) is 33.0. The number of hydrogen-bond acceptors (Lipinski definition) is 5. The van der Waals surface area contributed by atoms with E-state index in [0.29, 0.717) is 0 Å². The predicted octanol–water partition coefficient (Wildman–Crippen LogP) is 27.5. The molecule has 15 aromatic rings. The van der Waals surface area contributed by atoms with Crippen molar-refractivity contribution in [3.8, 4) is 11.1 Å². The van der Waals surface area contributed by atoms with Gasteiger partial charge in [-0.1, -0.05) is 307 Å². The Morgan fingerprint density at radius 1 is 0.266 bits per heavy atom. The highest BCUT2D eigenvalue weighted by Crippen LogP contribution is 2.42. The van der Waals surface area contributed by atoms with E-state index in [2.05, 4.69) is 336 Å². The Hall–Kier alpha value is -8.61. The molecule has 0 amide bonds. The van der Waals surface area contributed by atoms with Gasteiger partial charge < -0.3 is 8.83 Å². The van der Waals surface area contributed by atoms with Crippen molar-refractivity contribution in [2.45, 2.75) is 157 Å². The van der Waals surface area contributed by atoms with Crippen LogP contribution >= 0.6 is 22.7 Å². The number of aromatic nitrogens is 1. The fraction of sp³-hybridized carbons (Fsp3) is 0.270. The number of hydrogen-bond donors (Lipinski definition) is 0. The van der Waals surface area contributed by atoms with Gasteiger partial charge in [-0.05, 0) is 126 Å². The standard InChI is InChI=1S/2C16H16O.2C16H16S.C16H18.C9H13N/c1-16(2,3)13-9-6-8-12-11-7-4-5-10-14(11)17-15(12)13;1-16(2,3)11-8-9-15-13(10-11)12-6-4-5-7-14(12)17-15;1-16(2,3)13-9-6-8-12-11-7-4-5-10-14(11)17-15(12)13;1-16(2,3)11-8-9-15-13(10-11)12-6-4-5-7-14(12)17-15;1-16(2,3)15-11-7-10-14(12-15)13-8-5-4-6-9-13;1-9(2,3)8-5-4-6-10-7-8/h4*4-10H,1-3H3;4-12H,1-3H3;4-7H,1-3H3. The molecule has 15 rings (SSSR count). The van der Waals surface area contributed by atoms with Gasteiger partial charge in [0.1, 0.15) is 22.3 Å². The van der Waals surface area contributed by atoms with E-state index < -0.39 is 0 Å². The van der Waals surface area contributed by atoms with E-state index in [4.69, 9.17) is 8.83 Å². The van der Waals surface area contributed by atoms with E-state index >= 15 is 0 Å². The van der Waals surface area contributed by atoms with Crippen LogP contribution in [0.5, 0.6) is 0 Å². The highest BCUT2D eigenvalue weighted by atomic mass is 32.1. The summed E-state index contributed by atoms with van der Waals surface area (Å²) >= 11 is 3.80. The summed E-state index contributed by atoms with van der Waals surface area (Å²) in [5.74, 6) is 0. The first-order valence-electron chi connectivity index (χ1n) is 33.1. The smallest absolute Gasteiger partial charge is 0.139 e. The summed E-state index contributed by atoms with van der Waals surface area (Å²) in [5.41, 5.74) is 15.8. The molecule has 5 heterocycles. The number of rotatable bonds is 1. The highest BCUT2D eigenvalue weighted by Gasteiger charge is 2.23. The molecule has 0 aliphatic rings. The van der Waals surface area contributed by atoms with Crippen LogP contribution in [0.3, 0.4) is 0 Å². The molecule has 0 radical (unpaired) electrons. The summed E-state index contributed by atoms with van der Waals surface area (Å²) in [5, 5.41) is 10.4. The molecule has 10 aromatic carbocycles. The molecule has 0 N–H and O–H groups in total. The first-order valence-corrected chi connectivity index (χ1v) is 34.8. The second kappa shape index (κ2) is 27.8. The van der Waals surface area contributed by atoms with Gasteiger partial charge in [-0.2, -0.15) is 0 Å². The molecular weight excluding hydrogens is 1180 g/mol. The van der Waals surface area contributed by atoms with Crippen LogP contribution in [-0.4, -0.2) is 4.98 Å². The molecule has 3 nitrogen and oxygen atoms in total. The third-order valence-electron chi connectivity index (χ3n) is 17.3. The van der Waals surface area contributed by atoms with E-state index in [0.717, 1.165) is 22.3 Å². The lowest BCUT2D eigenvalue weighted by Gasteiger charge is -2.19. The number of pyridine rings is 1. The maximum absolute atomic E-state index is 6.01. The molecule has 94 heavy (non-hydrogen) atoms. The molecule has 0 fully saturated rings. The molecule has 0 spiro atoms. The summed E-state index contributed by atoms with van der Waals surface area (Å²) in [6, 6.07) is 83.6. The van der Waals surface area contributed by atoms with Crippen LogP contribution in [0.25, 0.3) is 95.3 Å². The SMILES string of the molecule is CC(C)(C)c1ccc2oc3ccccc3c2c1.CC(C)(C)c1ccc2sc3ccccc3c2c1.CC(C)(C)c1cccc(-c2ccccc2)c1.CC(C)(C)c1cccc2c1oc1ccccc12.CC(C)(C)c1cccc2c1sc1ccccc12.CC(C)(C)c1cccnc1. The fourth-order valence-corrected chi connectivity index (χ4v) is 14.2. The quantitative estimate of drug-likeness (QED) is 0.164. The Balaban J connectivity index is 0.000000124. The monoisotopic (exact) mass is 1270 g/mol. The lowest BCUT2D eigenvalue weighted by Crippen LogP contribution is -2.10. The zero-order valence-corrected chi connectivity index (χ0v) is 60.4. The minimum absolute atomic E-state index is 0.105. The van der Waals surface area contributed by atoms with Gasteiger partial charge in [-0.15, -0.1) is 22.7 Å². The Morgan fingerprint density at radius 2 is 0.691 bits per heavy atom. The van der Waals surface area contributed by atoms with Crippen molar-refractivity contribution in [3.05, 3.63) is 282 Å². The van der Waals surface area contributed by atoms with Crippen molar-refractivity contribution >= 4 is 107 Å². The minimum atomic E-state index is 0.105. The Morgan fingerprint density at radius 3 is 1.27 bits per heavy atom. The van der Waals surface area contributed by atoms with Crippen molar-refractivity contribution in [1.82, 2.24) is 4.98 Å². The van der Waals surface area contributed by atoms with Crippen LogP contribution in [0.2, 0.25) is 0 Å². The number of para-hydroxylation sites is 3. The van der Waals surface area contributed by atoms with Crippen LogP contribution in [0.4, 0.5) is 0 Å². The van der Waals surface area contributed by atoms with Crippen LogP contribution in [-0.2, 0) is 32.5 Å². The van der Waals surface area contributed by atoms with Gasteiger partial charge in [0.25, 0.3) is 0 Å². The van der Waals surface area contributed by atoms with Crippen LogP contribution < -0.4 is 0 Å². The molecule has 0 saturated heterocycles. The van der Waals surface area contributed by atoms with Gasteiger partial charge in [0, 0.05) is 79.8 Å².